The standard InChI is InChI=1S/C21H22N2O2.2ClH.Cu/c1-21(2,19-22-13-17(24-19)15-9-5-3-6-10-15)20-23-14-18(25-20)16-11-7-4-8-12-16;;;/h3-12,17-18H,13-14H2,1-2H3;2*1H;/q;;;+2/p-2/t17-,18-;;;/m0.../s1. The summed E-state index contributed by atoms with van der Waals surface area (Å²) in [6.07, 6.45) is -0.0511. The summed E-state index contributed by atoms with van der Waals surface area (Å²) < 4.78 is 12.3. The van der Waals surface area contributed by atoms with Crippen molar-refractivity contribution in [2.75, 3.05) is 13.1 Å². The van der Waals surface area contributed by atoms with Crippen LogP contribution in [0.1, 0.15) is 37.2 Å². The Morgan fingerprint density at radius 3 is 1.43 bits per heavy atom. The maximum absolute atomic E-state index is 6.15. The third-order valence-corrected chi connectivity index (χ3v) is 4.72. The van der Waals surface area contributed by atoms with Gasteiger partial charge in [-0.1, -0.05) is 60.7 Å². The van der Waals surface area contributed by atoms with Crippen LogP contribution in [0.3, 0.4) is 0 Å². The third kappa shape index (κ3) is 4.90. The maximum atomic E-state index is 6.15. The minimum atomic E-state index is -0.465. The summed E-state index contributed by atoms with van der Waals surface area (Å²) in [5.41, 5.74) is 1.83. The Bertz CT molecular complexity index is 746. The number of ether oxygens (including phenoxy) is 2. The fraction of sp³-hybridized carbons (Fsp3) is 0.333. The van der Waals surface area contributed by atoms with Gasteiger partial charge < -0.3 is 34.3 Å². The fourth-order valence-corrected chi connectivity index (χ4v) is 3.21. The van der Waals surface area contributed by atoms with Gasteiger partial charge in [0.2, 0.25) is 0 Å². The number of aliphatic imine (C=N–C) groups is 2. The molecule has 2 atom stereocenters. The molecule has 0 saturated carbocycles. The fourth-order valence-electron chi connectivity index (χ4n) is 3.21. The molecule has 28 heavy (non-hydrogen) atoms. The first-order chi connectivity index (χ1) is 12.1. The van der Waals surface area contributed by atoms with Crippen molar-refractivity contribution < 1.29 is 51.4 Å². The Kier molecular flexibility index (Phi) is 9.03. The Balaban J connectivity index is 0.00000131. The van der Waals surface area contributed by atoms with Gasteiger partial charge in [-0.3, -0.25) is 9.98 Å². The summed E-state index contributed by atoms with van der Waals surface area (Å²) in [4.78, 5) is 9.28. The molecule has 0 saturated heterocycles. The Morgan fingerprint density at radius 2 is 1.07 bits per heavy atom. The summed E-state index contributed by atoms with van der Waals surface area (Å²) in [5, 5.41) is 0. The molecule has 2 aromatic rings. The topological polar surface area (TPSA) is 43.2 Å². The molecule has 0 aliphatic carbocycles. The second-order valence-corrected chi connectivity index (χ2v) is 6.95. The molecule has 0 spiro atoms. The van der Waals surface area contributed by atoms with Crippen LogP contribution in [-0.2, 0) is 26.5 Å². The van der Waals surface area contributed by atoms with Crippen LogP contribution in [0.25, 0.3) is 0 Å². The number of nitrogens with zero attached hydrogens (tertiary/aromatic N) is 2. The van der Waals surface area contributed by atoms with Crippen LogP contribution in [0.4, 0.5) is 0 Å². The van der Waals surface area contributed by atoms with E-state index in [9.17, 15) is 0 Å². The van der Waals surface area contributed by atoms with Gasteiger partial charge >= 0.3 is 17.1 Å². The van der Waals surface area contributed by atoms with Gasteiger partial charge in [-0.25, -0.2) is 0 Å². The zero-order valence-corrected chi connectivity index (χ0v) is 18.1. The molecule has 2 aromatic carbocycles. The molecule has 4 nitrogen and oxygen atoms in total. The van der Waals surface area contributed by atoms with Gasteiger partial charge in [0.05, 0.1) is 13.1 Å². The average molecular weight is 469 g/mol. The Hall–Kier alpha value is -1.52. The SMILES string of the molecule is CC(C)(C1=NC[C@@H](c2ccccc2)O1)C1=NC[C@@H](c2ccccc2)O1.[Cl-].[Cl-].[Cu+2]. The van der Waals surface area contributed by atoms with Crippen LogP contribution in [0, 0.1) is 5.41 Å². The molecule has 0 N–H and O–H groups in total. The van der Waals surface area contributed by atoms with Gasteiger partial charge in [-0.2, -0.15) is 0 Å². The Labute approximate surface area is 189 Å². The molecule has 0 aromatic heterocycles. The molecule has 0 unspecified atom stereocenters. The van der Waals surface area contributed by atoms with Crippen LogP contribution in [-0.4, -0.2) is 24.9 Å². The van der Waals surface area contributed by atoms with E-state index in [4.69, 9.17) is 9.47 Å². The largest absolute Gasteiger partial charge is 2.00 e. The molecule has 2 aliphatic heterocycles. The van der Waals surface area contributed by atoms with Gasteiger partial charge in [0.1, 0.15) is 17.6 Å². The minimum Gasteiger partial charge on any atom is -1.00 e. The quantitative estimate of drug-likeness (QED) is 0.505. The maximum Gasteiger partial charge on any atom is 2.00 e. The first-order valence-corrected chi connectivity index (χ1v) is 8.67. The van der Waals surface area contributed by atoms with E-state index >= 15 is 0 Å². The van der Waals surface area contributed by atoms with E-state index in [0.29, 0.717) is 24.9 Å². The van der Waals surface area contributed by atoms with E-state index in [1.54, 1.807) is 0 Å². The van der Waals surface area contributed by atoms with Crippen molar-refractivity contribution in [3.8, 4) is 0 Å². The predicted octanol–water partition coefficient (Wildman–Crippen LogP) is -1.64. The van der Waals surface area contributed by atoms with Gasteiger partial charge in [-0.15, -0.1) is 0 Å². The van der Waals surface area contributed by atoms with Crippen molar-refractivity contribution in [2.45, 2.75) is 26.1 Å². The molecule has 7 heteroatoms. The summed E-state index contributed by atoms with van der Waals surface area (Å²) in [6.45, 7) is 5.40. The molecule has 1 radical (unpaired) electrons. The van der Waals surface area contributed by atoms with Crippen molar-refractivity contribution in [1.82, 2.24) is 0 Å². The third-order valence-electron chi connectivity index (χ3n) is 4.72. The van der Waals surface area contributed by atoms with E-state index in [0.717, 1.165) is 11.1 Å². The summed E-state index contributed by atoms with van der Waals surface area (Å²) in [5.74, 6) is 1.41. The predicted molar refractivity (Wildman–Crippen MR) is 98.9 cm³/mol. The van der Waals surface area contributed by atoms with Gasteiger partial charge in [0.15, 0.2) is 11.8 Å². The molecule has 153 valence electrons. The van der Waals surface area contributed by atoms with Crippen LogP contribution in [0.5, 0.6) is 0 Å². The van der Waals surface area contributed by atoms with Crippen molar-refractivity contribution >= 4 is 11.8 Å². The van der Waals surface area contributed by atoms with E-state index in [2.05, 4.69) is 48.1 Å². The second-order valence-electron chi connectivity index (χ2n) is 6.95. The summed E-state index contributed by atoms with van der Waals surface area (Å²) >= 11 is 0. The Morgan fingerprint density at radius 1 is 0.714 bits per heavy atom. The minimum absolute atomic E-state index is 0. The number of hydrogen-bond donors (Lipinski definition) is 0. The van der Waals surface area contributed by atoms with Crippen molar-refractivity contribution in [1.29, 1.82) is 0 Å². The molecule has 0 fully saturated rings. The van der Waals surface area contributed by atoms with Crippen molar-refractivity contribution in [3.63, 3.8) is 0 Å². The summed E-state index contributed by atoms with van der Waals surface area (Å²) in [7, 11) is 0. The second kappa shape index (κ2) is 10.3. The zero-order valence-electron chi connectivity index (χ0n) is 15.6. The molecule has 0 amide bonds. The van der Waals surface area contributed by atoms with E-state index in [1.165, 1.54) is 0 Å². The van der Waals surface area contributed by atoms with E-state index in [1.807, 2.05) is 36.4 Å². The molecule has 0 bridgehead atoms. The number of benzene rings is 2. The van der Waals surface area contributed by atoms with Crippen molar-refractivity contribution in [3.05, 3.63) is 71.8 Å². The average Bonchev–Trinajstić information content (AvgIpc) is 3.34. The number of rotatable bonds is 4. The molecular weight excluding hydrogens is 447 g/mol. The van der Waals surface area contributed by atoms with Gasteiger partial charge in [0.25, 0.3) is 0 Å². The van der Waals surface area contributed by atoms with E-state index < -0.39 is 5.41 Å². The van der Waals surface area contributed by atoms with Gasteiger partial charge in [-0.05, 0) is 25.0 Å². The molecular formula is C21H22Cl2CuN2O2. The molecule has 2 aliphatic rings. The summed E-state index contributed by atoms with van der Waals surface area (Å²) in [6, 6.07) is 20.4. The number of halogens is 2. The normalized spacial score (nSPS) is 20.4. The smallest absolute Gasteiger partial charge is 1.00 e. The molecule has 4 rings (SSSR count). The van der Waals surface area contributed by atoms with Gasteiger partial charge in [0, 0.05) is 0 Å². The van der Waals surface area contributed by atoms with Crippen molar-refractivity contribution in [2.24, 2.45) is 15.4 Å². The van der Waals surface area contributed by atoms with Crippen LogP contribution in [0.15, 0.2) is 70.6 Å². The monoisotopic (exact) mass is 467 g/mol. The molecule has 2 heterocycles. The first kappa shape index (κ1) is 24.5. The number of hydrogen-bond acceptors (Lipinski definition) is 4. The van der Waals surface area contributed by atoms with E-state index in [-0.39, 0.29) is 54.1 Å². The van der Waals surface area contributed by atoms with Crippen LogP contribution >= 0.6 is 0 Å². The first-order valence-electron chi connectivity index (χ1n) is 8.67. The van der Waals surface area contributed by atoms with Crippen LogP contribution < -0.4 is 24.8 Å². The van der Waals surface area contributed by atoms with Crippen LogP contribution in [0.2, 0.25) is 0 Å². The zero-order chi connectivity index (χ0) is 17.3.